The van der Waals surface area contributed by atoms with E-state index in [4.69, 9.17) is 4.98 Å². The third-order valence-electron chi connectivity index (χ3n) is 8.81. The first-order valence-electron chi connectivity index (χ1n) is 14.9. The van der Waals surface area contributed by atoms with Crippen molar-refractivity contribution in [3.05, 3.63) is 58.5 Å². The molecule has 11 nitrogen and oxygen atoms in total. The van der Waals surface area contributed by atoms with E-state index >= 15 is 0 Å². The van der Waals surface area contributed by atoms with Crippen molar-refractivity contribution in [2.24, 2.45) is 0 Å². The molecule has 1 unspecified atom stereocenters. The largest absolute Gasteiger partial charge is 0.418 e. The second-order valence-electron chi connectivity index (χ2n) is 11.7. The second kappa shape index (κ2) is 12.1. The van der Waals surface area contributed by atoms with E-state index in [1.165, 1.54) is 37.4 Å². The number of nitriles is 1. The summed E-state index contributed by atoms with van der Waals surface area (Å²) in [5.74, 6) is 0.360. The van der Waals surface area contributed by atoms with Gasteiger partial charge in [-0.05, 0) is 44.6 Å². The van der Waals surface area contributed by atoms with Gasteiger partial charge in [-0.25, -0.2) is 4.98 Å². The summed E-state index contributed by atoms with van der Waals surface area (Å²) in [4.78, 5) is 43.8. The highest BCUT2D eigenvalue weighted by Gasteiger charge is 2.44. The van der Waals surface area contributed by atoms with Crippen molar-refractivity contribution in [2.75, 3.05) is 55.6 Å². The molecule has 238 valence electrons. The van der Waals surface area contributed by atoms with Crippen LogP contribution >= 0.6 is 0 Å². The molecule has 0 spiro atoms. The van der Waals surface area contributed by atoms with Gasteiger partial charge in [0.25, 0.3) is 5.56 Å². The highest BCUT2D eigenvalue weighted by Crippen LogP contribution is 2.37. The number of amides is 1. The van der Waals surface area contributed by atoms with Crippen LogP contribution in [0, 0.1) is 18.3 Å². The van der Waals surface area contributed by atoms with Crippen LogP contribution < -0.4 is 15.4 Å². The second-order valence-corrected chi connectivity index (χ2v) is 11.7. The molecule has 2 fully saturated rings. The van der Waals surface area contributed by atoms with Gasteiger partial charge in [0.1, 0.15) is 11.3 Å². The number of benzene rings is 1. The molecule has 2 saturated heterocycles. The van der Waals surface area contributed by atoms with Crippen LogP contribution in [-0.4, -0.2) is 92.8 Å². The fraction of sp³-hybridized carbons (Fsp3) is 0.484. The number of nitrogens with zero attached hydrogens (tertiary/aromatic N) is 9. The van der Waals surface area contributed by atoms with E-state index in [0.29, 0.717) is 25.5 Å². The summed E-state index contributed by atoms with van der Waals surface area (Å²) in [6.45, 7) is 15.0. The zero-order valence-electron chi connectivity index (χ0n) is 25.8. The molecule has 3 aromatic rings. The van der Waals surface area contributed by atoms with Crippen LogP contribution in [0.4, 0.5) is 24.9 Å². The van der Waals surface area contributed by atoms with Gasteiger partial charge in [0.15, 0.2) is 0 Å². The highest BCUT2D eigenvalue weighted by atomic mass is 19.4. The zero-order chi connectivity index (χ0) is 32.7. The lowest BCUT2D eigenvalue weighted by atomic mass is 9.90. The van der Waals surface area contributed by atoms with E-state index in [2.05, 4.69) is 48.4 Å². The Hall–Kier alpha value is -4.51. The number of piperazine rings is 1. The van der Waals surface area contributed by atoms with E-state index in [1.807, 2.05) is 9.80 Å². The number of likely N-dealkylation sites (N-methyl/N-ethyl adjacent to an activating group) is 1. The van der Waals surface area contributed by atoms with E-state index in [9.17, 15) is 28.0 Å². The molecule has 0 N–H and O–H groups in total. The van der Waals surface area contributed by atoms with Crippen molar-refractivity contribution >= 4 is 28.6 Å². The van der Waals surface area contributed by atoms with E-state index < -0.39 is 23.3 Å². The summed E-state index contributed by atoms with van der Waals surface area (Å²) >= 11 is 0. The fourth-order valence-electron chi connectivity index (χ4n) is 6.59. The molecule has 0 bridgehead atoms. The van der Waals surface area contributed by atoms with Gasteiger partial charge < -0.3 is 14.7 Å². The maximum atomic E-state index is 14.1. The first kappa shape index (κ1) is 31.9. The van der Waals surface area contributed by atoms with Crippen LogP contribution in [0.15, 0.2) is 41.8 Å². The number of fused-ring (bicyclic) bond motifs is 1. The summed E-state index contributed by atoms with van der Waals surface area (Å²) in [5, 5.41) is 13.9. The van der Waals surface area contributed by atoms with Crippen molar-refractivity contribution in [3.8, 4) is 11.8 Å². The van der Waals surface area contributed by atoms with Gasteiger partial charge in [0.05, 0.1) is 46.9 Å². The van der Waals surface area contributed by atoms with Crippen LogP contribution in [0.25, 0.3) is 16.6 Å². The molecule has 0 saturated carbocycles. The SMILES string of the molecule is C=CC(=O)N1CCN(c2nc(N3CC(C)(N(CC)CC)C3)nc3c(=O)n(-c4cccc(C)c4C(F)(F)F)ncc23)CC1CC#N. The Morgan fingerprint density at radius 3 is 2.53 bits per heavy atom. The lowest BCUT2D eigenvalue weighted by molar-refractivity contribution is -0.138. The minimum absolute atomic E-state index is 0.0374. The molecular weight excluding hydrogens is 587 g/mol. The number of aryl methyl sites for hydroxylation is 1. The standard InChI is InChI=1S/C31H36F3N9O2/c1-6-24(44)42-15-14-39(17-21(42)12-13-35)27-22-16-36-43(23-11-9-10-20(4)25(23)31(32,33)34)28(45)26(22)37-29(38-27)40-18-30(5,19-40)41(7-2)8-3/h6,9-11,16,21H,1,7-8,12,14-15,17-19H2,2-5H3. The predicted octanol–water partition coefficient (Wildman–Crippen LogP) is 3.54. The summed E-state index contributed by atoms with van der Waals surface area (Å²) < 4.78 is 43.2. The number of hydrogen-bond acceptors (Lipinski definition) is 9. The average molecular weight is 624 g/mol. The minimum Gasteiger partial charge on any atom is -0.352 e. The molecule has 2 aliphatic rings. The number of carbonyl (C=O) groups is 1. The molecule has 14 heteroatoms. The van der Waals surface area contributed by atoms with Crippen LogP contribution in [0.1, 0.15) is 38.3 Å². The minimum atomic E-state index is -4.72. The summed E-state index contributed by atoms with van der Waals surface area (Å²) in [6, 6.07) is 5.66. The third-order valence-corrected chi connectivity index (χ3v) is 8.81. The summed E-state index contributed by atoms with van der Waals surface area (Å²) in [5.41, 5.74) is -2.40. The van der Waals surface area contributed by atoms with Crippen LogP contribution in [0.3, 0.4) is 0 Å². The van der Waals surface area contributed by atoms with Gasteiger partial charge >= 0.3 is 6.18 Å². The van der Waals surface area contributed by atoms with Gasteiger partial charge in [0.2, 0.25) is 11.9 Å². The number of hydrogen-bond donors (Lipinski definition) is 0. The summed E-state index contributed by atoms with van der Waals surface area (Å²) in [7, 11) is 0. The molecular formula is C31H36F3N9O2. The van der Waals surface area contributed by atoms with Crippen molar-refractivity contribution in [3.63, 3.8) is 0 Å². The Balaban J connectivity index is 1.66. The molecule has 0 aliphatic carbocycles. The summed E-state index contributed by atoms with van der Waals surface area (Å²) in [6.07, 6.45) is -2.13. The van der Waals surface area contributed by atoms with Crippen molar-refractivity contribution in [1.29, 1.82) is 5.26 Å². The molecule has 4 heterocycles. The fourth-order valence-corrected chi connectivity index (χ4v) is 6.59. The molecule has 1 atom stereocenters. The molecule has 45 heavy (non-hydrogen) atoms. The molecule has 1 aromatic carbocycles. The molecule has 2 aromatic heterocycles. The number of rotatable bonds is 8. The van der Waals surface area contributed by atoms with E-state index in [0.717, 1.165) is 17.8 Å². The average Bonchev–Trinajstić information content (AvgIpc) is 2.99. The third kappa shape index (κ3) is 5.72. The van der Waals surface area contributed by atoms with Crippen molar-refractivity contribution < 1.29 is 18.0 Å². The van der Waals surface area contributed by atoms with Crippen molar-refractivity contribution in [2.45, 2.75) is 51.9 Å². The predicted molar refractivity (Wildman–Crippen MR) is 164 cm³/mol. The van der Waals surface area contributed by atoms with Crippen molar-refractivity contribution in [1.82, 2.24) is 29.5 Å². The van der Waals surface area contributed by atoms with Gasteiger partial charge in [-0.2, -0.15) is 33.2 Å². The number of aromatic nitrogens is 4. The first-order chi connectivity index (χ1) is 21.4. The zero-order valence-corrected chi connectivity index (χ0v) is 25.8. The number of alkyl halides is 3. The van der Waals surface area contributed by atoms with Gasteiger partial charge in [-0.3, -0.25) is 14.5 Å². The monoisotopic (exact) mass is 623 g/mol. The quantitative estimate of drug-likeness (QED) is 0.348. The van der Waals surface area contributed by atoms with E-state index in [1.54, 1.807) is 4.90 Å². The van der Waals surface area contributed by atoms with Gasteiger partial charge in [0, 0.05) is 32.7 Å². The van der Waals surface area contributed by atoms with Crippen LogP contribution in [0.2, 0.25) is 0 Å². The molecule has 0 radical (unpaired) electrons. The first-order valence-corrected chi connectivity index (χ1v) is 14.9. The smallest absolute Gasteiger partial charge is 0.352 e. The number of anilines is 2. The number of carbonyl (C=O) groups excluding carboxylic acids is 1. The number of halogens is 3. The Bertz CT molecular complexity index is 1720. The lowest BCUT2D eigenvalue weighted by Gasteiger charge is -2.53. The lowest BCUT2D eigenvalue weighted by Crippen LogP contribution is -2.69. The topological polar surface area (TPSA) is 114 Å². The Morgan fingerprint density at radius 1 is 1.20 bits per heavy atom. The van der Waals surface area contributed by atoms with Gasteiger partial charge in [-0.15, -0.1) is 0 Å². The molecule has 1 amide bonds. The normalized spacial score (nSPS) is 18.2. The highest BCUT2D eigenvalue weighted by molar-refractivity contribution is 5.90. The van der Waals surface area contributed by atoms with Crippen LogP contribution in [0.5, 0.6) is 0 Å². The van der Waals surface area contributed by atoms with Gasteiger partial charge in [-0.1, -0.05) is 32.6 Å². The maximum Gasteiger partial charge on any atom is 0.418 e. The Labute approximate surface area is 259 Å². The Morgan fingerprint density at radius 2 is 1.91 bits per heavy atom. The molecule has 5 rings (SSSR count). The Kier molecular flexibility index (Phi) is 8.59. The molecule has 2 aliphatic heterocycles. The van der Waals surface area contributed by atoms with Crippen LogP contribution in [-0.2, 0) is 11.0 Å². The maximum absolute atomic E-state index is 14.1. The van der Waals surface area contributed by atoms with E-state index in [-0.39, 0.29) is 59.1 Å².